The fourth-order valence-electron chi connectivity index (χ4n) is 5.24. The van der Waals surface area contributed by atoms with Crippen LogP contribution in [-0.2, 0) is 9.53 Å². The summed E-state index contributed by atoms with van der Waals surface area (Å²) in [5, 5.41) is 10.1. The molecule has 4 aromatic rings. The molecular formula is C43H40N2O8S2. The van der Waals surface area contributed by atoms with Crippen LogP contribution >= 0.6 is 23.5 Å². The molecule has 55 heavy (non-hydrogen) atoms. The molecule has 0 fully saturated rings. The van der Waals surface area contributed by atoms with Crippen LogP contribution < -0.4 is 23.7 Å². The molecule has 0 amide bonds. The summed E-state index contributed by atoms with van der Waals surface area (Å²) < 4.78 is 34.5. The number of ether oxygens (including phenoxy) is 6. The van der Waals surface area contributed by atoms with Gasteiger partial charge in [0.05, 0.1) is 52.1 Å². The Morgan fingerprint density at radius 1 is 0.836 bits per heavy atom. The lowest BCUT2D eigenvalue weighted by Gasteiger charge is -2.12. The second-order valence-electron chi connectivity index (χ2n) is 12.3. The third kappa shape index (κ3) is 11.0. The first-order chi connectivity index (χ1) is 26.8. The molecule has 0 aliphatic carbocycles. The SMILES string of the molecule is [C-]#[N+]c1ccc(/C(C#N)=C2\Sc3c(OCCOC)ccc(OC(=O)/C=C/c4ccc(OC(=O)c5ccc(OCCCC(C)CC)cc5)c(OC)c4)c3S2)cc1. The maximum absolute atomic E-state index is 13.1. The minimum absolute atomic E-state index is 0.221. The van der Waals surface area contributed by atoms with E-state index >= 15 is 0 Å². The van der Waals surface area contributed by atoms with E-state index in [4.69, 9.17) is 35.0 Å². The standard InChI is InChI=1S/C43H40N2O8S2/c1-6-28(2)8-7-23-50-33-17-13-31(14-18-33)42(47)53-35-19-9-29(26-38(35)49-5)10-22-39(46)52-37-21-20-36(51-25-24-48-4)40-41(37)55-43(54-40)34(27-44)30-11-15-32(45-3)16-12-30/h9-22,26,28H,6-8,23-25H2,1-2,4-5H3/b22-10+,43-34+. The zero-order valence-electron chi connectivity index (χ0n) is 31.0. The summed E-state index contributed by atoms with van der Waals surface area (Å²) in [7, 11) is 3.05. The summed E-state index contributed by atoms with van der Waals surface area (Å²) in [5.74, 6) is 1.57. The molecule has 12 heteroatoms. The van der Waals surface area contributed by atoms with Crippen LogP contribution in [0.5, 0.6) is 28.7 Å². The number of nitriles is 1. The Kier molecular flexibility index (Phi) is 14.8. The van der Waals surface area contributed by atoms with Crippen molar-refractivity contribution in [2.75, 3.05) is 34.0 Å². The number of carbonyl (C=O) groups is 2. The van der Waals surface area contributed by atoms with Gasteiger partial charge in [-0.3, -0.25) is 0 Å². The number of rotatable bonds is 17. The minimum atomic E-state index is -0.633. The molecule has 4 aromatic carbocycles. The second kappa shape index (κ2) is 20.1. The lowest BCUT2D eigenvalue weighted by molar-refractivity contribution is -0.129. The highest BCUT2D eigenvalue weighted by molar-refractivity contribution is 8.25. The molecule has 1 unspecified atom stereocenters. The number of hydrogen-bond donors (Lipinski definition) is 0. The van der Waals surface area contributed by atoms with Crippen molar-refractivity contribution in [3.8, 4) is 34.8 Å². The third-order valence-corrected chi connectivity index (χ3v) is 11.1. The first-order valence-electron chi connectivity index (χ1n) is 17.6. The van der Waals surface area contributed by atoms with Gasteiger partial charge in [-0.05, 0) is 84.5 Å². The summed E-state index contributed by atoms with van der Waals surface area (Å²) >= 11 is 2.66. The number of methoxy groups -OCH3 is 2. The summed E-state index contributed by atoms with van der Waals surface area (Å²) in [5.41, 5.74) is 2.53. The lowest BCUT2D eigenvalue weighted by atomic mass is 10.0. The zero-order valence-corrected chi connectivity index (χ0v) is 32.6. The van der Waals surface area contributed by atoms with Crippen molar-refractivity contribution in [2.45, 2.75) is 42.9 Å². The Bertz CT molecular complexity index is 2130. The average Bonchev–Trinajstić information content (AvgIpc) is 3.66. The smallest absolute Gasteiger partial charge is 0.343 e. The molecule has 0 radical (unpaired) electrons. The van der Waals surface area contributed by atoms with Crippen LogP contribution in [0.15, 0.2) is 99.0 Å². The Hall–Kier alpha value is -5.66. The van der Waals surface area contributed by atoms with Crippen LogP contribution in [0.25, 0.3) is 16.5 Å². The average molecular weight is 777 g/mol. The zero-order chi connectivity index (χ0) is 39.2. The van der Waals surface area contributed by atoms with Crippen molar-refractivity contribution in [3.63, 3.8) is 0 Å². The number of esters is 2. The summed E-state index contributed by atoms with van der Waals surface area (Å²) in [6.45, 7) is 12.9. The van der Waals surface area contributed by atoms with E-state index in [-0.39, 0.29) is 5.75 Å². The van der Waals surface area contributed by atoms with Gasteiger partial charge < -0.3 is 28.4 Å². The van der Waals surface area contributed by atoms with Gasteiger partial charge in [0.15, 0.2) is 17.2 Å². The first kappa shape index (κ1) is 40.5. The van der Waals surface area contributed by atoms with Crippen molar-refractivity contribution in [2.24, 2.45) is 5.92 Å². The van der Waals surface area contributed by atoms with Gasteiger partial charge in [0, 0.05) is 13.2 Å². The highest BCUT2D eigenvalue weighted by Crippen LogP contribution is 2.59. The van der Waals surface area contributed by atoms with E-state index in [0.29, 0.717) is 90.7 Å². The van der Waals surface area contributed by atoms with Crippen molar-refractivity contribution >= 4 is 52.8 Å². The van der Waals surface area contributed by atoms with Crippen molar-refractivity contribution in [1.82, 2.24) is 0 Å². The fraction of sp³-hybridized carbons (Fsp3) is 0.256. The predicted octanol–water partition coefficient (Wildman–Crippen LogP) is 10.4. The highest BCUT2D eigenvalue weighted by Gasteiger charge is 2.29. The number of allylic oxidation sites excluding steroid dienone is 1. The Morgan fingerprint density at radius 2 is 1.53 bits per heavy atom. The Labute approximate surface area is 329 Å². The minimum Gasteiger partial charge on any atom is -0.494 e. The molecule has 0 saturated heterocycles. The van der Waals surface area contributed by atoms with E-state index in [1.54, 1.807) is 92.0 Å². The van der Waals surface area contributed by atoms with E-state index in [2.05, 4.69) is 24.8 Å². The number of hydrogen-bond acceptors (Lipinski definition) is 11. The van der Waals surface area contributed by atoms with Crippen LogP contribution in [0.4, 0.5) is 5.69 Å². The van der Waals surface area contributed by atoms with Gasteiger partial charge in [0.2, 0.25) is 0 Å². The number of thioether (sulfide) groups is 2. The van der Waals surface area contributed by atoms with Crippen LogP contribution in [0.2, 0.25) is 0 Å². The predicted molar refractivity (Wildman–Crippen MR) is 214 cm³/mol. The van der Waals surface area contributed by atoms with Gasteiger partial charge in [0.1, 0.15) is 29.9 Å². The van der Waals surface area contributed by atoms with Crippen LogP contribution in [0, 0.1) is 23.8 Å². The highest BCUT2D eigenvalue weighted by atomic mass is 32.2. The van der Waals surface area contributed by atoms with E-state index in [9.17, 15) is 14.9 Å². The quantitative estimate of drug-likeness (QED) is 0.0255. The van der Waals surface area contributed by atoms with E-state index < -0.39 is 11.9 Å². The monoisotopic (exact) mass is 776 g/mol. The van der Waals surface area contributed by atoms with Crippen LogP contribution in [-0.4, -0.2) is 46.0 Å². The van der Waals surface area contributed by atoms with Gasteiger partial charge >= 0.3 is 11.9 Å². The lowest BCUT2D eigenvalue weighted by Crippen LogP contribution is -2.09. The van der Waals surface area contributed by atoms with Crippen LogP contribution in [0.3, 0.4) is 0 Å². The molecule has 0 N–H and O–H groups in total. The topological polar surface area (TPSA) is 118 Å². The Morgan fingerprint density at radius 3 is 2.20 bits per heavy atom. The summed E-state index contributed by atoms with van der Waals surface area (Å²) in [6.07, 6.45) is 6.08. The van der Waals surface area contributed by atoms with Gasteiger partial charge in [-0.15, -0.1) is 0 Å². The van der Waals surface area contributed by atoms with E-state index in [1.165, 1.54) is 36.7 Å². The summed E-state index contributed by atoms with van der Waals surface area (Å²) in [4.78, 5) is 30.8. The molecular weight excluding hydrogens is 737 g/mol. The molecule has 1 aliphatic heterocycles. The number of nitrogens with zero attached hydrogens (tertiary/aromatic N) is 2. The molecule has 1 aliphatic rings. The third-order valence-electron chi connectivity index (χ3n) is 8.49. The van der Waals surface area contributed by atoms with Crippen LogP contribution in [0.1, 0.15) is 54.6 Å². The first-order valence-corrected chi connectivity index (χ1v) is 19.2. The molecule has 10 nitrogen and oxygen atoms in total. The molecule has 1 heterocycles. The normalized spacial score (nSPS) is 13.3. The molecule has 1 atom stereocenters. The molecule has 0 aromatic heterocycles. The number of fused-ring (bicyclic) bond motifs is 1. The fourth-order valence-corrected chi connectivity index (χ4v) is 7.88. The van der Waals surface area contributed by atoms with Crippen molar-refractivity contribution < 1.29 is 38.0 Å². The number of benzene rings is 4. The molecule has 0 bridgehead atoms. The summed E-state index contributed by atoms with van der Waals surface area (Å²) in [6, 6.07) is 24.2. The Balaban J connectivity index is 1.26. The van der Waals surface area contributed by atoms with Crippen molar-refractivity contribution in [1.29, 1.82) is 5.26 Å². The molecule has 282 valence electrons. The maximum atomic E-state index is 13.1. The second-order valence-corrected chi connectivity index (χ2v) is 14.6. The van der Waals surface area contributed by atoms with E-state index in [1.807, 2.05) is 0 Å². The van der Waals surface area contributed by atoms with Gasteiger partial charge in [0.25, 0.3) is 0 Å². The molecule has 5 rings (SSSR count). The largest absolute Gasteiger partial charge is 0.494 e. The number of carbonyl (C=O) groups excluding carboxylic acids is 2. The molecule has 0 saturated carbocycles. The van der Waals surface area contributed by atoms with Gasteiger partial charge in [-0.2, -0.15) is 5.26 Å². The van der Waals surface area contributed by atoms with Gasteiger partial charge in [-0.25, -0.2) is 14.4 Å². The maximum Gasteiger partial charge on any atom is 0.343 e. The van der Waals surface area contributed by atoms with Crippen molar-refractivity contribution in [3.05, 3.63) is 117 Å². The van der Waals surface area contributed by atoms with E-state index in [0.717, 1.165) is 19.3 Å². The van der Waals surface area contributed by atoms with Gasteiger partial charge in [-0.1, -0.05) is 74.1 Å². The molecule has 0 spiro atoms.